The molecule has 0 saturated carbocycles. The van der Waals surface area contributed by atoms with Crippen molar-refractivity contribution in [1.29, 1.82) is 0 Å². The van der Waals surface area contributed by atoms with Crippen molar-refractivity contribution in [3.8, 4) is 0 Å². The highest BCUT2D eigenvalue weighted by Gasteiger charge is 2.15. The summed E-state index contributed by atoms with van der Waals surface area (Å²) in [6.07, 6.45) is 2.28. The van der Waals surface area contributed by atoms with Crippen molar-refractivity contribution in [2.75, 3.05) is 13.2 Å². The smallest absolute Gasteiger partial charge is 0.271 e. The van der Waals surface area contributed by atoms with Crippen LogP contribution in [0.4, 0.5) is 0 Å². The monoisotopic (exact) mass is 391 g/mol. The van der Waals surface area contributed by atoms with Crippen molar-refractivity contribution in [3.05, 3.63) is 33.3 Å². The Morgan fingerprint density at radius 3 is 3.00 bits per heavy atom. The first-order valence-corrected chi connectivity index (χ1v) is 8.05. The predicted octanol–water partition coefficient (Wildman–Crippen LogP) is 2.39. The molecule has 0 aliphatic carbocycles. The number of benzene rings is 1. The first-order chi connectivity index (χ1) is 10.1. The Morgan fingerprint density at radius 2 is 2.29 bits per heavy atom. The van der Waals surface area contributed by atoms with Gasteiger partial charge >= 0.3 is 0 Å². The van der Waals surface area contributed by atoms with Crippen molar-refractivity contribution in [2.24, 2.45) is 0 Å². The number of amides is 1. The predicted molar refractivity (Wildman–Crippen MR) is 89.3 cm³/mol. The van der Waals surface area contributed by atoms with Crippen LogP contribution in [0.2, 0.25) is 5.02 Å². The number of hydrogen-bond acceptors (Lipinski definition) is 3. The Hall–Kier alpha value is -0.890. The molecule has 0 spiro atoms. The maximum Gasteiger partial charge on any atom is 0.271 e. The van der Waals surface area contributed by atoms with Crippen molar-refractivity contribution in [1.82, 2.24) is 16.2 Å². The SMILES string of the molecule is O=C(NNC(=S)NC[C@@H]1CCCO1)c1cc(Br)ccc1Cl. The number of ether oxygens (including phenoxy) is 1. The number of carbonyl (C=O) groups is 1. The number of nitrogens with one attached hydrogen (secondary N) is 3. The van der Waals surface area contributed by atoms with E-state index in [1.165, 1.54) is 0 Å². The Balaban J connectivity index is 1.77. The van der Waals surface area contributed by atoms with Gasteiger partial charge in [0.2, 0.25) is 0 Å². The van der Waals surface area contributed by atoms with Crippen molar-refractivity contribution in [2.45, 2.75) is 18.9 Å². The maximum atomic E-state index is 12.0. The van der Waals surface area contributed by atoms with Gasteiger partial charge < -0.3 is 10.1 Å². The van der Waals surface area contributed by atoms with E-state index in [-0.39, 0.29) is 12.0 Å². The Morgan fingerprint density at radius 1 is 1.48 bits per heavy atom. The quantitative estimate of drug-likeness (QED) is 0.545. The molecule has 1 aromatic carbocycles. The molecule has 1 aliphatic rings. The maximum absolute atomic E-state index is 12.0. The first-order valence-electron chi connectivity index (χ1n) is 6.47. The summed E-state index contributed by atoms with van der Waals surface area (Å²) in [7, 11) is 0. The lowest BCUT2D eigenvalue weighted by Crippen LogP contribution is -2.48. The lowest BCUT2D eigenvalue weighted by molar-refractivity contribution is 0.0943. The standard InChI is InChI=1S/C13H15BrClN3O2S/c14-8-3-4-11(15)10(6-8)12(19)17-18-13(21)16-7-9-2-1-5-20-9/h3-4,6,9H,1-2,5,7H2,(H,17,19)(H2,16,18,21)/t9-/m0/s1. The number of halogens is 2. The summed E-state index contributed by atoms with van der Waals surface area (Å²) in [5, 5.41) is 3.70. The molecule has 8 heteroatoms. The van der Waals surface area contributed by atoms with E-state index in [1.54, 1.807) is 18.2 Å². The van der Waals surface area contributed by atoms with Crippen LogP contribution in [0, 0.1) is 0 Å². The first kappa shape index (κ1) is 16.5. The summed E-state index contributed by atoms with van der Waals surface area (Å²) in [6, 6.07) is 5.05. The molecule has 0 aromatic heterocycles. The topological polar surface area (TPSA) is 62.4 Å². The molecule has 3 N–H and O–H groups in total. The van der Waals surface area contributed by atoms with E-state index in [1.807, 2.05) is 0 Å². The molecule has 1 fully saturated rings. The fourth-order valence-corrected chi connectivity index (χ4v) is 2.61. The van der Waals surface area contributed by atoms with E-state index in [0.29, 0.717) is 22.2 Å². The van der Waals surface area contributed by atoms with Crippen molar-refractivity contribution >= 4 is 50.8 Å². The van der Waals surface area contributed by atoms with Crippen LogP contribution in [-0.4, -0.2) is 30.3 Å². The van der Waals surface area contributed by atoms with Gasteiger partial charge in [-0.15, -0.1) is 0 Å². The second-order valence-corrected chi connectivity index (χ2v) is 6.28. The molecular weight excluding hydrogens is 378 g/mol. The normalized spacial score (nSPS) is 17.3. The summed E-state index contributed by atoms with van der Waals surface area (Å²) in [5.41, 5.74) is 5.51. The molecule has 1 atom stereocenters. The van der Waals surface area contributed by atoms with E-state index in [2.05, 4.69) is 32.1 Å². The molecule has 114 valence electrons. The van der Waals surface area contributed by atoms with Gasteiger partial charge in [-0.3, -0.25) is 15.6 Å². The third-order valence-corrected chi connectivity index (χ3v) is 4.05. The van der Waals surface area contributed by atoms with E-state index in [9.17, 15) is 4.79 Å². The van der Waals surface area contributed by atoms with Crippen LogP contribution < -0.4 is 16.2 Å². The lowest BCUT2D eigenvalue weighted by atomic mass is 10.2. The molecule has 2 rings (SSSR count). The van der Waals surface area contributed by atoms with Crippen molar-refractivity contribution in [3.63, 3.8) is 0 Å². The van der Waals surface area contributed by atoms with Gasteiger partial charge in [-0.2, -0.15) is 0 Å². The number of hydrazine groups is 1. The van der Waals surface area contributed by atoms with Gasteiger partial charge in [0.05, 0.1) is 16.7 Å². The number of thiocarbonyl (C=S) groups is 1. The zero-order valence-electron chi connectivity index (χ0n) is 11.1. The zero-order chi connectivity index (χ0) is 15.2. The summed E-state index contributed by atoms with van der Waals surface area (Å²) in [6.45, 7) is 1.42. The van der Waals surface area contributed by atoms with Gasteiger partial charge in [0, 0.05) is 17.6 Å². The molecule has 1 amide bonds. The van der Waals surface area contributed by atoms with Gasteiger partial charge in [-0.25, -0.2) is 0 Å². The highest BCUT2D eigenvalue weighted by molar-refractivity contribution is 9.10. The summed E-state index contributed by atoms with van der Waals surface area (Å²) in [4.78, 5) is 12.0. The number of carbonyl (C=O) groups excluding carboxylic acids is 1. The highest BCUT2D eigenvalue weighted by atomic mass is 79.9. The minimum Gasteiger partial charge on any atom is -0.376 e. The molecule has 1 heterocycles. The summed E-state index contributed by atoms with van der Waals surface area (Å²) < 4.78 is 6.24. The zero-order valence-corrected chi connectivity index (χ0v) is 14.3. The van der Waals surface area contributed by atoms with E-state index in [4.69, 9.17) is 28.6 Å². The Kier molecular flexibility index (Phi) is 6.22. The Labute approximate surface area is 141 Å². The molecule has 1 saturated heterocycles. The lowest BCUT2D eigenvalue weighted by Gasteiger charge is -2.14. The summed E-state index contributed by atoms with van der Waals surface area (Å²) >= 11 is 14.4. The van der Waals surface area contributed by atoms with Gasteiger partial charge in [0.15, 0.2) is 5.11 Å². The second kappa shape index (κ2) is 7.93. The van der Waals surface area contributed by atoms with Crippen LogP contribution in [0.15, 0.2) is 22.7 Å². The van der Waals surface area contributed by atoms with Crippen LogP contribution in [0.5, 0.6) is 0 Å². The van der Waals surface area contributed by atoms with Gasteiger partial charge in [-0.1, -0.05) is 27.5 Å². The number of hydrogen-bond donors (Lipinski definition) is 3. The van der Waals surface area contributed by atoms with Gasteiger partial charge in [0.25, 0.3) is 5.91 Å². The van der Waals surface area contributed by atoms with Crippen LogP contribution in [-0.2, 0) is 4.74 Å². The molecular formula is C13H15BrClN3O2S. The molecule has 0 unspecified atom stereocenters. The highest BCUT2D eigenvalue weighted by Crippen LogP contribution is 2.20. The molecule has 1 aliphatic heterocycles. The fourth-order valence-electron chi connectivity index (χ4n) is 1.91. The third kappa shape index (κ3) is 5.10. The minimum absolute atomic E-state index is 0.181. The van der Waals surface area contributed by atoms with Gasteiger partial charge in [-0.05, 0) is 43.3 Å². The fraction of sp³-hybridized carbons (Fsp3) is 0.385. The second-order valence-electron chi connectivity index (χ2n) is 4.55. The third-order valence-electron chi connectivity index (χ3n) is 2.98. The molecule has 0 radical (unpaired) electrons. The molecule has 21 heavy (non-hydrogen) atoms. The van der Waals surface area contributed by atoms with E-state index < -0.39 is 0 Å². The van der Waals surface area contributed by atoms with Crippen LogP contribution in [0.1, 0.15) is 23.2 Å². The van der Waals surface area contributed by atoms with Crippen LogP contribution in [0.25, 0.3) is 0 Å². The average Bonchev–Trinajstić information content (AvgIpc) is 2.98. The largest absolute Gasteiger partial charge is 0.376 e. The van der Waals surface area contributed by atoms with Crippen LogP contribution >= 0.6 is 39.7 Å². The minimum atomic E-state index is -0.359. The molecule has 1 aromatic rings. The van der Waals surface area contributed by atoms with E-state index >= 15 is 0 Å². The Bertz CT molecular complexity index is 538. The average molecular weight is 393 g/mol. The van der Waals surface area contributed by atoms with E-state index in [0.717, 1.165) is 23.9 Å². The van der Waals surface area contributed by atoms with Crippen molar-refractivity contribution < 1.29 is 9.53 Å². The van der Waals surface area contributed by atoms with Gasteiger partial charge in [0.1, 0.15) is 0 Å². The van der Waals surface area contributed by atoms with Crippen LogP contribution in [0.3, 0.4) is 0 Å². The summed E-state index contributed by atoms with van der Waals surface area (Å²) in [5.74, 6) is -0.359. The number of rotatable bonds is 3. The molecule has 0 bridgehead atoms. The molecule has 5 nitrogen and oxygen atoms in total.